The smallest absolute Gasteiger partial charge is 0.315 e. The van der Waals surface area contributed by atoms with Crippen molar-refractivity contribution in [2.24, 2.45) is 0 Å². The topological polar surface area (TPSA) is 99.9 Å². The molecule has 7 nitrogen and oxygen atoms in total. The average molecular weight is 324 g/mol. The summed E-state index contributed by atoms with van der Waals surface area (Å²) < 4.78 is 5.17. The number of ether oxygens (including phenoxy) is 1. The fraction of sp³-hybridized carbons (Fsp3) is 0.235. The van der Waals surface area contributed by atoms with Gasteiger partial charge in [-0.2, -0.15) is 5.10 Å². The third kappa shape index (κ3) is 2.17. The van der Waals surface area contributed by atoms with Crippen LogP contribution in [0.1, 0.15) is 18.4 Å². The minimum Gasteiger partial charge on any atom is -0.465 e. The molecule has 0 saturated carbocycles. The summed E-state index contributed by atoms with van der Waals surface area (Å²) in [4.78, 5) is 27.4. The van der Waals surface area contributed by atoms with E-state index < -0.39 is 5.92 Å². The standard InChI is InChI=1S/C17H16N4O3/c1-2-24-17(23)11-8-18-15-14(11)10-7-9(12-5-6-19-21-12)3-4-13(10)20-16(15)22/h3-7,11,18H,2,8H2,1H3,(H,19,21)(H,20,22). The molecule has 1 unspecified atom stereocenters. The lowest BCUT2D eigenvalue weighted by Crippen LogP contribution is -2.17. The molecule has 0 spiro atoms. The van der Waals surface area contributed by atoms with E-state index >= 15 is 0 Å². The summed E-state index contributed by atoms with van der Waals surface area (Å²) in [5, 5.41) is 10.8. The first-order chi connectivity index (χ1) is 11.7. The van der Waals surface area contributed by atoms with Crippen LogP contribution in [0.4, 0.5) is 5.69 Å². The average Bonchev–Trinajstić information content (AvgIpc) is 3.25. The second-order valence-electron chi connectivity index (χ2n) is 5.66. The van der Waals surface area contributed by atoms with Gasteiger partial charge in [0.15, 0.2) is 0 Å². The van der Waals surface area contributed by atoms with Crippen molar-refractivity contribution in [2.45, 2.75) is 12.8 Å². The number of aromatic amines is 2. The number of H-pyrrole nitrogens is 2. The highest BCUT2D eigenvalue weighted by molar-refractivity contribution is 5.97. The number of rotatable bonds is 3. The Hall–Kier alpha value is -3.09. The van der Waals surface area contributed by atoms with Gasteiger partial charge in [0.2, 0.25) is 0 Å². The lowest BCUT2D eigenvalue weighted by Gasteiger charge is -2.12. The predicted octanol–water partition coefficient (Wildman–Crippen LogP) is 1.99. The molecule has 2 aromatic heterocycles. The summed E-state index contributed by atoms with van der Waals surface area (Å²) in [5.41, 5.74) is 3.42. The Labute approximate surface area is 137 Å². The Morgan fingerprint density at radius 3 is 3.00 bits per heavy atom. The van der Waals surface area contributed by atoms with Gasteiger partial charge in [0, 0.05) is 34.8 Å². The van der Waals surface area contributed by atoms with E-state index in [1.807, 2.05) is 24.3 Å². The first kappa shape index (κ1) is 14.5. The molecule has 3 N–H and O–H groups in total. The lowest BCUT2D eigenvalue weighted by molar-refractivity contribution is -0.144. The third-order valence-corrected chi connectivity index (χ3v) is 4.27. The molecular formula is C17H16N4O3. The van der Waals surface area contributed by atoms with Crippen LogP contribution in [0, 0.1) is 0 Å². The van der Waals surface area contributed by atoms with Crippen molar-refractivity contribution in [3.05, 3.63) is 46.4 Å². The van der Waals surface area contributed by atoms with Gasteiger partial charge >= 0.3 is 5.97 Å². The molecule has 4 rings (SSSR count). The number of carbonyl (C=O) groups excluding carboxylic acids is 1. The second kappa shape index (κ2) is 5.52. The van der Waals surface area contributed by atoms with Gasteiger partial charge in [-0.25, -0.2) is 0 Å². The summed E-state index contributed by atoms with van der Waals surface area (Å²) in [5.74, 6) is -0.802. The van der Waals surface area contributed by atoms with E-state index in [9.17, 15) is 9.59 Å². The largest absolute Gasteiger partial charge is 0.465 e. The molecule has 24 heavy (non-hydrogen) atoms. The van der Waals surface area contributed by atoms with E-state index in [-0.39, 0.29) is 11.5 Å². The SMILES string of the molecule is CCOC(=O)C1CNc2c1c1cc(-c3ccn[nH]3)ccc1[nH]c2=O. The maximum absolute atomic E-state index is 12.3. The van der Waals surface area contributed by atoms with Crippen LogP contribution in [-0.2, 0) is 9.53 Å². The third-order valence-electron chi connectivity index (χ3n) is 4.27. The number of fused-ring (bicyclic) bond motifs is 3. The molecule has 0 fully saturated rings. The van der Waals surface area contributed by atoms with Gasteiger partial charge in [-0.15, -0.1) is 0 Å². The normalized spacial score (nSPS) is 16.0. The zero-order valence-corrected chi connectivity index (χ0v) is 13.1. The summed E-state index contributed by atoms with van der Waals surface area (Å²) >= 11 is 0. The molecular weight excluding hydrogens is 308 g/mol. The van der Waals surface area contributed by atoms with Gasteiger partial charge in [0.25, 0.3) is 5.56 Å². The second-order valence-corrected chi connectivity index (χ2v) is 5.66. The van der Waals surface area contributed by atoms with E-state index in [0.717, 1.165) is 16.6 Å². The number of esters is 1. The highest BCUT2D eigenvalue weighted by Crippen LogP contribution is 2.36. The number of carbonyl (C=O) groups is 1. The lowest BCUT2D eigenvalue weighted by atomic mass is 9.95. The number of hydrogen-bond donors (Lipinski definition) is 3. The molecule has 122 valence electrons. The maximum atomic E-state index is 12.3. The van der Waals surface area contributed by atoms with E-state index in [1.54, 1.807) is 13.1 Å². The van der Waals surface area contributed by atoms with Gasteiger partial charge in [-0.1, -0.05) is 6.07 Å². The van der Waals surface area contributed by atoms with Crippen LogP contribution in [0.2, 0.25) is 0 Å². The molecule has 3 heterocycles. The minimum absolute atomic E-state index is 0.224. The molecule has 0 bridgehead atoms. The zero-order chi connectivity index (χ0) is 16.7. The number of pyridine rings is 1. The molecule has 0 saturated heterocycles. The molecule has 7 heteroatoms. The van der Waals surface area contributed by atoms with Crippen LogP contribution in [0.5, 0.6) is 0 Å². The summed E-state index contributed by atoms with van der Waals surface area (Å²) in [6, 6.07) is 7.57. The van der Waals surface area contributed by atoms with Crippen molar-refractivity contribution in [3.63, 3.8) is 0 Å². The van der Waals surface area contributed by atoms with E-state index in [4.69, 9.17) is 4.74 Å². The molecule has 0 aliphatic carbocycles. The Kier molecular flexibility index (Phi) is 3.34. The van der Waals surface area contributed by atoms with Gasteiger partial charge in [0.05, 0.1) is 12.3 Å². The number of aromatic nitrogens is 3. The van der Waals surface area contributed by atoms with Gasteiger partial charge in [-0.05, 0) is 25.1 Å². The Bertz CT molecular complexity index is 975. The zero-order valence-electron chi connectivity index (χ0n) is 13.1. The van der Waals surface area contributed by atoms with Gasteiger partial charge in [0.1, 0.15) is 11.6 Å². The van der Waals surface area contributed by atoms with Crippen LogP contribution in [-0.4, -0.2) is 34.3 Å². The molecule has 0 amide bonds. The van der Waals surface area contributed by atoms with Gasteiger partial charge < -0.3 is 15.0 Å². The highest BCUT2D eigenvalue weighted by atomic mass is 16.5. The number of nitrogens with one attached hydrogen (secondary N) is 3. The molecule has 1 atom stereocenters. The van der Waals surface area contributed by atoms with Crippen molar-refractivity contribution < 1.29 is 9.53 Å². The number of anilines is 1. The van der Waals surface area contributed by atoms with Crippen LogP contribution in [0.25, 0.3) is 22.2 Å². The highest BCUT2D eigenvalue weighted by Gasteiger charge is 2.33. The van der Waals surface area contributed by atoms with E-state index in [2.05, 4.69) is 20.5 Å². The molecule has 1 aliphatic rings. The quantitative estimate of drug-likeness (QED) is 0.640. The van der Waals surface area contributed by atoms with Crippen molar-refractivity contribution in [3.8, 4) is 11.3 Å². The van der Waals surface area contributed by atoms with E-state index in [1.165, 1.54) is 0 Å². The first-order valence-electron chi connectivity index (χ1n) is 7.79. The van der Waals surface area contributed by atoms with Crippen LogP contribution in [0.15, 0.2) is 35.3 Å². The number of benzene rings is 1. The van der Waals surface area contributed by atoms with Crippen LogP contribution < -0.4 is 10.9 Å². The van der Waals surface area contributed by atoms with Crippen molar-refractivity contribution in [1.29, 1.82) is 0 Å². The first-order valence-corrected chi connectivity index (χ1v) is 7.79. The summed E-state index contributed by atoms with van der Waals surface area (Å²) in [6.07, 6.45) is 1.68. The molecule has 1 aromatic carbocycles. The maximum Gasteiger partial charge on any atom is 0.315 e. The minimum atomic E-state index is -0.484. The predicted molar refractivity (Wildman–Crippen MR) is 90.0 cm³/mol. The fourth-order valence-electron chi connectivity index (χ4n) is 3.19. The van der Waals surface area contributed by atoms with Crippen LogP contribution in [0.3, 0.4) is 0 Å². The molecule has 1 aliphatic heterocycles. The van der Waals surface area contributed by atoms with Crippen molar-refractivity contribution >= 4 is 22.6 Å². The Morgan fingerprint density at radius 2 is 2.25 bits per heavy atom. The number of nitrogens with zero attached hydrogens (tertiary/aromatic N) is 1. The fourth-order valence-corrected chi connectivity index (χ4v) is 3.19. The van der Waals surface area contributed by atoms with Crippen molar-refractivity contribution in [1.82, 2.24) is 15.2 Å². The van der Waals surface area contributed by atoms with Crippen LogP contribution >= 0.6 is 0 Å². The van der Waals surface area contributed by atoms with Crippen molar-refractivity contribution in [2.75, 3.05) is 18.5 Å². The summed E-state index contributed by atoms with van der Waals surface area (Å²) in [6.45, 7) is 2.45. The molecule has 3 aromatic rings. The molecule has 0 radical (unpaired) electrons. The number of hydrogen-bond acceptors (Lipinski definition) is 5. The Balaban J connectivity index is 1.94. The monoisotopic (exact) mass is 324 g/mol. The summed E-state index contributed by atoms with van der Waals surface area (Å²) in [7, 11) is 0. The van der Waals surface area contributed by atoms with E-state index in [0.29, 0.717) is 29.9 Å². The van der Waals surface area contributed by atoms with Gasteiger partial charge in [-0.3, -0.25) is 14.7 Å². The Morgan fingerprint density at radius 1 is 1.38 bits per heavy atom.